The first-order valence-corrected chi connectivity index (χ1v) is 9.36. The number of carbonyl (C=O) groups excluding carboxylic acids is 1. The molecule has 0 amide bonds. The van der Waals surface area contributed by atoms with Crippen LogP contribution >= 0.6 is 0 Å². The van der Waals surface area contributed by atoms with Crippen LogP contribution in [-0.4, -0.2) is 16.9 Å². The predicted octanol–water partition coefficient (Wildman–Crippen LogP) is 5.93. The highest BCUT2D eigenvalue weighted by Crippen LogP contribution is 2.48. The Hall–Kier alpha value is -3.98. The molecule has 0 fully saturated rings. The minimum Gasteiger partial charge on any atom is -0.478 e. The molecular weight excluding hydrogens is 360 g/mol. The van der Waals surface area contributed by atoms with Gasteiger partial charge in [0.15, 0.2) is 5.78 Å². The molecule has 1 N–H and O–H groups in total. The quantitative estimate of drug-likeness (QED) is 0.425. The number of aromatic carboxylic acids is 1. The lowest BCUT2D eigenvalue weighted by molar-refractivity contribution is 0.0697. The number of fused-ring (bicyclic) bond motifs is 3. The third-order valence-corrected chi connectivity index (χ3v) is 5.37. The van der Waals surface area contributed by atoms with Crippen LogP contribution in [0.15, 0.2) is 91.0 Å². The Bertz CT molecular complexity index is 1270. The second-order valence-corrected chi connectivity index (χ2v) is 7.01. The molecule has 29 heavy (non-hydrogen) atoms. The standard InChI is InChI=1S/C26H16O3/c27-25-19-14-8-7-13-18(19)23-22(17-11-5-2-6-12-17)21(26(28)29)15-20(24(23)25)16-9-3-1-4-10-16/h1-15H,(H,28,29). The average molecular weight is 376 g/mol. The molecule has 0 saturated carbocycles. The largest absolute Gasteiger partial charge is 0.478 e. The monoisotopic (exact) mass is 376 g/mol. The van der Waals surface area contributed by atoms with Crippen molar-refractivity contribution in [1.82, 2.24) is 0 Å². The summed E-state index contributed by atoms with van der Waals surface area (Å²) in [6.07, 6.45) is 0. The molecule has 3 nitrogen and oxygen atoms in total. The van der Waals surface area contributed by atoms with Crippen LogP contribution in [0.2, 0.25) is 0 Å². The number of rotatable bonds is 3. The lowest BCUT2D eigenvalue weighted by Gasteiger charge is -2.17. The number of hydrogen-bond acceptors (Lipinski definition) is 2. The lowest BCUT2D eigenvalue weighted by atomic mass is 9.85. The van der Waals surface area contributed by atoms with Gasteiger partial charge >= 0.3 is 5.97 Å². The molecule has 138 valence electrons. The molecular formula is C26H16O3. The fraction of sp³-hybridized carbons (Fsp3) is 0. The maximum atomic E-state index is 13.4. The summed E-state index contributed by atoms with van der Waals surface area (Å²) in [7, 11) is 0. The predicted molar refractivity (Wildman–Crippen MR) is 113 cm³/mol. The van der Waals surface area contributed by atoms with Crippen LogP contribution in [0.3, 0.4) is 0 Å². The molecule has 4 aromatic carbocycles. The van der Waals surface area contributed by atoms with Crippen molar-refractivity contribution in [3.05, 3.63) is 108 Å². The summed E-state index contributed by atoms with van der Waals surface area (Å²) in [4.78, 5) is 25.7. The first-order chi connectivity index (χ1) is 14.2. The Morgan fingerprint density at radius 3 is 1.76 bits per heavy atom. The van der Waals surface area contributed by atoms with E-state index in [-0.39, 0.29) is 11.3 Å². The summed E-state index contributed by atoms with van der Waals surface area (Å²) in [6.45, 7) is 0. The second kappa shape index (κ2) is 6.57. The van der Waals surface area contributed by atoms with Crippen molar-refractivity contribution in [2.75, 3.05) is 0 Å². The van der Waals surface area contributed by atoms with Gasteiger partial charge in [0.05, 0.1) is 5.56 Å². The number of ketones is 1. The van der Waals surface area contributed by atoms with E-state index in [1.54, 1.807) is 6.07 Å². The molecule has 0 saturated heterocycles. The van der Waals surface area contributed by atoms with E-state index in [2.05, 4.69) is 0 Å². The van der Waals surface area contributed by atoms with Crippen molar-refractivity contribution in [1.29, 1.82) is 0 Å². The van der Waals surface area contributed by atoms with Gasteiger partial charge in [-0.2, -0.15) is 0 Å². The molecule has 0 bridgehead atoms. The summed E-state index contributed by atoms with van der Waals surface area (Å²) in [5, 5.41) is 10.1. The van der Waals surface area contributed by atoms with Crippen LogP contribution < -0.4 is 0 Å². The molecule has 0 radical (unpaired) electrons. The van der Waals surface area contributed by atoms with Crippen molar-refractivity contribution in [2.24, 2.45) is 0 Å². The van der Waals surface area contributed by atoms with Gasteiger partial charge in [-0.05, 0) is 28.3 Å². The molecule has 4 aromatic rings. The van der Waals surface area contributed by atoms with E-state index in [9.17, 15) is 14.7 Å². The van der Waals surface area contributed by atoms with Gasteiger partial charge in [-0.25, -0.2) is 4.79 Å². The van der Waals surface area contributed by atoms with Gasteiger partial charge < -0.3 is 5.11 Å². The van der Waals surface area contributed by atoms with Crippen molar-refractivity contribution < 1.29 is 14.7 Å². The van der Waals surface area contributed by atoms with E-state index < -0.39 is 5.97 Å². The van der Waals surface area contributed by atoms with Gasteiger partial charge in [0.25, 0.3) is 0 Å². The highest BCUT2D eigenvalue weighted by Gasteiger charge is 2.34. The van der Waals surface area contributed by atoms with Gasteiger partial charge in [-0.3, -0.25) is 4.79 Å². The van der Waals surface area contributed by atoms with E-state index in [0.717, 1.165) is 16.7 Å². The van der Waals surface area contributed by atoms with E-state index in [0.29, 0.717) is 27.8 Å². The zero-order valence-corrected chi connectivity index (χ0v) is 15.4. The van der Waals surface area contributed by atoms with Gasteiger partial charge in [0.2, 0.25) is 0 Å². The summed E-state index contributed by atoms with van der Waals surface area (Å²) in [5.74, 6) is -1.08. The van der Waals surface area contributed by atoms with Crippen LogP contribution in [0.25, 0.3) is 33.4 Å². The van der Waals surface area contributed by atoms with Crippen molar-refractivity contribution >= 4 is 11.8 Å². The number of hydrogen-bond donors (Lipinski definition) is 1. The lowest BCUT2D eigenvalue weighted by Crippen LogP contribution is -2.06. The zero-order valence-electron chi connectivity index (χ0n) is 15.4. The number of benzene rings is 4. The van der Waals surface area contributed by atoms with E-state index in [1.807, 2.05) is 84.9 Å². The van der Waals surface area contributed by atoms with Crippen LogP contribution in [0.1, 0.15) is 26.3 Å². The molecule has 0 heterocycles. The van der Waals surface area contributed by atoms with Gasteiger partial charge in [0, 0.05) is 22.3 Å². The van der Waals surface area contributed by atoms with Crippen LogP contribution in [0.5, 0.6) is 0 Å². The Kier molecular flexibility index (Phi) is 3.88. The van der Waals surface area contributed by atoms with E-state index >= 15 is 0 Å². The maximum Gasteiger partial charge on any atom is 0.336 e. The first kappa shape index (κ1) is 17.1. The molecule has 0 aromatic heterocycles. The van der Waals surface area contributed by atoms with Crippen LogP contribution in [-0.2, 0) is 0 Å². The molecule has 3 heteroatoms. The Labute approximate surface area is 167 Å². The van der Waals surface area contributed by atoms with E-state index in [1.165, 1.54) is 0 Å². The highest BCUT2D eigenvalue weighted by molar-refractivity contribution is 6.28. The molecule has 0 aliphatic heterocycles. The minimum atomic E-state index is -1.01. The smallest absolute Gasteiger partial charge is 0.336 e. The summed E-state index contributed by atoms with van der Waals surface area (Å²) < 4.78 is 0. The molecule has 5 rings (SSSR count). The van der Waals surface area contributed by atoms with Crippen LogP contribution in [0.4, 0.5) is 0 Å². The second-order valence-electron chi connectivity index (χ2n) is 7.01. The molecule has 0 unspecified atom stereocenters. The number of carboxylic acids is 1. The topological polar surface area (TPSA) is 54.4 Å². The fourth-order valence-corrected chi connectivity index (χ4v) is 4.14. The highest BCUT2D eigenvalue weighted by atomic mass is 16.4. The van der Waals surface area contributed by atoms with Crippen molar-refractivity contribution in [3.8, 4) is 33.4 Å². The molecule has 0 spiro atoms. The first-order valence-electron chi connectivity index (χ1n) is 9.36. The molecule has 1 aliphatic carbocycles. The maximum absolute atomic E-state index is 13.4. The average Bonchev–Trinajstić information content (AvgIpc) is 3.07. The summed E-state index contributed by atoms with van der Waals surface area (Å²) >= 11 is 0. The van der Waals surface area contributed by atoms with Gasteiger partial charge in [-0.15, -0.1) is 0 Å². The Morgan fingerprint density at radius 2 is 1.14 bits per heavy atom. The summed E-state index contributed by atoms with van der Waals surface area (Å²) in [5.41, 5.74) is 5.71. The normalized spacial score (nSPS) is 11.8. The van der Waals surface area contributed by atoms with Crippen LogP contribution in [0, 0.1) is 0 Å². The number of carbonyl (C=O) groups is 2. The zero-order chi connectivity index (χ0) is 20.0. The van der Waals surface area contributed by atoms with Crippen molar-refractivity contribution in [3.63, 3.8) is 0 Å². The fourth-order valence-electron chi connectivity index (χ4n) is 4.14. The minimum absolute atomic E-state index is 0.0661. The molecule has 0 atom stereocenters. The summed E-state index contributed by atoms with van der Waals surface area (Å²) in [6, 6.07) is 28.0. The Morgan fingerprint density at radius 1 is 0.586 bits per heavy atom. The van der Waals surface area contributed by atoms with Gasteiger partial charge in [0.1, 0.15) is 0 Å². The third kappa shape index (κ3) is 2.59. The SMILES string of the molecule is O=C(O)c1cc(-c2ccccc2)c2c(c1-c1ccccc1)-c1ccccc1C2=O. The van der Waals surface area contributed by atoms with Crippen molar-refractivity contribution in [2.45, 2.75) is 0 Å². The third-order valence-electron chi connectivity index (χ3n) is 5.37. The Balaban J connectivity index is 1.97. The van der Waals surface area contributed by atoms with E-state index in [4.69, 9.17) is 0 Å². The molecule has 1 aliphatic rings. The van der Waals surface area contributed by atoms with Gasteiger partial charge in [-0.1, -0.05) is 84.9 Å². The number of carboxylic acid groups (broad SMARTS) is 1.